The van der Waals surface area contributed by atoms with E-state index in [0.717, 1.165) is 16.9 Å². The first kappa shape index (κ1) is 17.0. The molecule has 0 unspecified atom stereocenters. The number of carbonyl (C=O) groups is 1. The van der Waals surface area contributed by atoms with Crippen LogP contribution >= 0.6 is 0 Å². The standard InChI is InChI=1S/C19H22FNO2/c1-15-5-3-4-6-18(15)23-14-13-21(2)19(22)12-9-16-7-10-17(20)11-8-16/h3-8,10-11H,9,12-14H2,1-2H3. The van der Waals surface area contributed by atoms with Crippen LogP contribution in [0.2, 0.25) is 0 Å². The van der Waals surface area contributed by atoms with Gasteiger partial charge >= 0.3 is 0 Å². The lowest BCUT2D eigenvalue weighted by molar-refractivity contribution is -0.130. The molecule has 0 aliphatic heterocycles. The molecule has 2 rings (SSSR count). The van der Waals surface area contributed by atoms with Gasteiger partial charge in [0.1, 0.15) is 18.2 Å². The molecule has 2 aromatic carbocycles. The minimum absolute atomic E-state index is 0.0581. The molecule has 0 aliphatic rings. The van der Waals surface area contributed by atoms with Crippen molar-refractivity contribution < 1.29 is 13.9 Å². The molecule has 23 heavy (non-hydrogen) atoms. The molecule has 0 saturated heterocycles. The molecule has 3 nitrogen and oxygen atoms in total. The van der Waals surface area contributed by atoms with E-state index in [0.29, 0.717) is 26.0 Å². The molecule has 4 heteroatoms. The van der Waals surface area contributed by atoms with Crippen molar-refractivity contribution in [2.75, 3.05) is 20.2 Å². The van der Waals surface area contributed by atoms with E-state index in [-0.39, 0.29) is 11.7 Å². The smallest absolute Gasteiger partial charge is 0.222 e. The highest BCUT2D eigenvalue weighted by Crippen LogP contribution is 2.15. The molecular formula is C19H22FNO2. The Balaban J connectivity index is 1.72. The lowest BCUT2D eigenvalue weighted by Crippen LogP contribution is -2.31. The Morgan fingerprint density at radius 1 is 1.13 bits per heavy atom. The SMILES string of the molecule is Cc1ccccc1OCCN(C)C(=O)CCc1ccc(F)cc1. The van der Waals surface area contributed by atoms with Crippen molar-refractivity contribution in [1.29, 1.82) is 0 Å². The summed E-state index contributed by atoms with van der Waals surface area (Å²) in [6.07, 6.45) is 1.02. The van der Waals surface area contributed by atoms with Gasteiger partial charge < -0.3 is 9.64 Å². The fourth-order valence-electron chi connectivity index (χ4n) is 2.23. The maximum absolute atomic E-state index is 12.8. The van der Waals surface area contributed by atoms with Crippen LogP contribution in [0.3, 0.4) is 0 Å². The zero-order valence-corrected chi connectivity index (χ0v) is 13.6. The van der Waals surface area contributed by atoms with Gasteiger partial charge in [-0.1, -0.05) is 30.3 Å². The fourth-order valence-corrected chi connectivity index (χ4v) is 2.23. The number of hydrogen-bond acceptors (Lipinski definition) is 2. The monoisotopic (exact) mass is 315 g/mol. The van der Waals surface area contributed by atoms with Crippen LogP contribution in [-0.2, 0) is 11.2 Å². The van der Waals surface area contributed by atoms with E-state index in [1.807, 2.05) is 31.2 Å². The van der Waals surface area contributed by atoms with Crippen molar-refractivity contribution in [3.63, 3.8) is 0 Å². The molecule has 0 aliphatic carbocycles. The van der Waals surface area contributed by atoms with Gasteiger partial charge in [-0.3, -0.25) is 4.79 Å². The zero-order chi connectivity index (χ0) is 16.7. The quantitative estimate of drug-likeness (QED) is 0.781. The number of rotatable bonds is 7. The first-order chi connectivity index (χ1) is 11.1. The highest BCUT2D eigenvalue weighted by atomic mass is 19.1. The number of likely N-dealkylation sites (N-methyl/N-ethyl adjacent to an activating group) is 1. The second-order valence-electron chi connectivity index (χ2n) is 5.56. The molecule has 0 atom stereocenters. The van der Waals surface area contributed by atoms with E-state index in [1.54, 1.807) is 24.1 Å². The normalized spacial score (nSPS) is 10.4. The van der Waals surface area contributed by atoms with Crippen LogP contribution < -0.4 is 4.74 Å². The average Bonchev–Trinajstić information content (AvgIpc) is 2.55. The van der Waals surface area contributed by atoms with Gasteiger partial charge in [0, 0.05) is 13.5 Å². The van der Waals surface area contributed by atoms with Crippen LogP contribution in [0.4, 0.5) is 4.39 Å². The number of hydrogen-bond donors (Lipinski definition) is 0. The predicted octanol–water partition coefficient (Wildman–Crippen LogP) is 3.60. The third-order valence-electron chi connectivity index (χ3n) is 3.74. The van der Waals surface area contributed by atoms with E-state index in [2.05, 4.69) is 0 Å². The highest BCUT2D eigenvalue weighted by molar-refractivity contribution is 5.76. The minimum Gasteiger partial charge on any atom is -0.491 e. The van der Waals surface area contributed by atoms with Gasteiger partial charge in [-0.2, -0.15) is 0 Å². The first-order valence-corrected chi connectivity index (χ1v) is 7.73. The lowest BCUT2D eigenvalue weighted by Gasteiger charge is -2.18. The fraction of sp³-hybridized carbons (Fsp3) is 0.316. The van der Waals surface area contributed by atoms with Gasteiger partial charge in [0.05, 0.1) is 6.54 Å². The third-order valence-corrected chi connectivity index (χ3v) is 3.74. The summed E-state index contributed by atoms with van der Waals surface area (Å²) in [4.78, 5) is 13.8. The summed E-state index contributed by atoms with van der Waals surface area (Å²) in [5.74, 6) is 0.646. The lowest BCUT2D eigenvalue weighted by atomic mass is 10.1. The average molecular weight is 315 g/mol. The van der Waals surface area contributed by atoms with Crippen LogP contribution in [0.5, 0.6) is 5.75 Å². The summed E-state index contributed by atoms with van der Waals surface area (Å²) in [6, 6.07) is 14.1. The van der Waals surface area contributed by atoms with Crippen molar-refractivity contribution >= 4 is 5.91 Å². The van der Waals surface area contributed by atoms with Gasteiger partial charge in [0.2, 0.25) is 5.91 Å². The number of para-hydroxylation sites is 1. The van der Waals surface area contributed by atoms with Gasteiger partial charge in [-0.05, 0) is 42.7 Å². The predicted molar refractivity (Wildman–Crippen MR) is 89.0 cm³/mol. The molecule has 0 aromatic heterocycles. The summed E-state index contributed by atoms with van der Waals surface area (Å²) < 4.78 is 18.5. The number of halogens is 1. The Labute approximate surface area is 136 Å². The molecular weight excluding hydrogens is 293 g/mol. The second kappa shape index (κ2) is 8.32. The Hall–Kier alpha value is -2.36. The van der Waals surface area contributed by atoms with Gasteiger partial charge in [-0.25, -0.2) is 4.39 Å². The summed E-state index contributed by atoms with van der Waals surface area (Å²) in [5, 5.41) is 0. The molecule has 1 amide bonds. The zero-order valence-electron chi connectivity index (χ0n) is 13.6. The van der Waals surface area contributed by atoms with Gasteiger partial charge in [-0.15, -0.1) is 0 Å². The maximum atomic E-state index is 12.8. The number of amides is 1. The number of carbonyl (C=O) groups excluding carboxylic acids is 1. The second-order valence-corrected chi connectivity index (χ2v) is 5.56. The van der Waals surface area contributed by atoms with E-state index in [1.165, 1.54) is 12.1 Å². The summed E-state index contributed by atoms with van der Waals surface area (Å²) in [5.41, 5.74) is 2.04. The Morgan fingerprint density at radius 2 is 1.83 bits per heavy atom. The summed E-state index contributed by atoms with van der Waals surface area (Å²) in [6.45, 7) is 2.99. The molecule has 0 fully saturated rings. The highest BCUT2D eigenvalue weighted by Gasteiger charge is 2.09. The van der Waals surface area contributed by atoms with Crippen LogP contribution in [0.15, 0.2) is 48.5 Å². The minimum atomic E-state index is -0.259. The topological polar surface area (TPSA) is 29.5 Å². The Bertz CT molecular complexity index is 640. The molecule has 0 saturated carbocycles. The van der Waals surface area contributed by atoms with Crippen molar-refractivity contribution in [1.82, 2.24) is 4.90 Å². The maximum Gasteiger partial charge on any atom is 0.222 e. The van der Waals surface area contributed by atoms with Gasteiger partial charge in [0.25, 0.3) is 0 Å². The van der Waals surface area contributed by atoms with Crippen LogP contribution in [0, 0.1) is 12.7 Å². The number of benzene rings is 2. The molecule has 0 bridgehead atoms. The van der Waals surface area contributed by atoms with Crippen molar-refractivity contribution in [3.8, 4) is 5.75 Å². The van der Waals surface area contributed by atoms with Crippen molar-refractivity contribution in [2.24, 2.45) is 0 Å². The van der Waals surface area contributed by atoms with Crippen LogP contribution in [0.1, 0.15) is 17.5 Å². The summed E-state index contributed by atoms with van der Waals surface area (Å²) in [7, 11) is 1.77. The molecule has 0 spiro atoms. The molecule has 0 heterocycles. The number of nitrogens with zero attached hydrogens (tertiary/aromatic N) is 1. The van der Waals surface area contributed by atoms with Crippen LogP contribution in [0.25, 0.3) is 0 Å². The first-order valence-electron chi connectivity index (χ1n) is 7.73. The van der Waals surface area contributed by atoms with E-state index in [4.69, 9.17) is 4.74 Å². The number of aryl methyl sites for hydroxylation is 2. The molecule has 2 aromatic rings. The third kappa shape index (κ3) is 5.40. The van der Waals surface area contributed by atoms with E-state index in [9.17, 15) is 9.18 Å². The van der Waals surface area contributed by atoms with E-state index >= 15 is 0 Å². The molecule has 0 N–H and O–H groups in total. The Kier molecular flexibility index (Phi) is 6.15. The van der Waals surface area contributed by atoms with Crippen molar-refractivity contribution in [2.45, 2.75) is 19.8 Å². The largest absolute Gasteiger partial charge is 0.491 e. The van der Waals surface area contributed by atoms with Crippen LogP contribution in [-0.4, -0.2) is 31.0 Å². The Morgan fingerprint density at radius 3 is 2.52 bits per heavy atom. The van der Waals surface area contributed by atoms with E-state index < -0.39 is 0 Å². The summed E-state index contributed by atoms with van der Waals surface area (Å²) >= 11 is 0. The molecule has 0 radical (unpaired) electrons. The van der Waals surface area contributed by atoms with Crippen molar-refractivity contribution in [3.05, 3.63) is 65.5 Å². The van der Waals surface area contributed by atoms with Gasteiger partial charge in [0.15, 0.2) is 0 Å². The number of ether oxygens (including phenoxy) is 1. The molecule has 122 valence electrons.